The van der Waals surface area contributed by atoms with Gasteiger partial charge in [-0.2, -0.15) is 0 Å². The summed E-state index contributed by atoms with van der Waals surface area (Å²) >= 11 is 0. The predicted molar refractivity (Wildman–Crippen MR) is 97.7 cm³/mol. The van der Waals surface area contributed by atoms with Gasteiger partial charge in [-0.3, -0.25) is 14.7 Å². The molecule has 0 saturated heterocycles. The molecule has 1 aliphatic heterocycles. The average Bonchev–Trinajstić information content (AvgIpc) is 3.08. The van der Waals surface area contributed by atoms with Gasteiger partial charge in [0.15, 0.2) is 5.65 Å². The molecule has 26 heavy (non-hydrogen) atoms. The molecular formula is C19H20N4O3. The van der Waals surface area contributed by atoms with Crippen LogP contribution in [0.25, 0.3) is 5.65 Å². The smallest absolute Gasteiger partial charge is 0.276 e. The van der Waals surface area contributed by atoms with Crippen molar-refractivity contribution >= 4 is 17.2 Å². The summed E-state index contributed by atoms with van der Waals surface area (Å²) in [6, 6.07) is 7.02. The lowest BCUT2D eigenvalue weighted by atomic mass is 9.90. The molecule has 134 valence electrons. The largest absolute Gasteiger partial charge is 0.506 e. The topological polar surface area (TPSA) is 90.7 Å². The Bertz CT molecular complexity index is 1070. The molecule has 7 nitrogen and oxygen atoms in total. The van der Waals surface area contributed by atoms with E-state index < -0.39 is 0 Å². The number of nitrogens with one attached hydrogen (secondary N) is 1. The fraction of sp³-hybridized carbons (Fsp3) is 0.316. The van der Waals surface area contributed by atoms with E-state index in [1.165, 1.54) is 4.52 Å². The van der Waals surface area contributed by atoms with Crippen LogP contribution in [0.1, 0.15) is 36.1 Å². The Morgan fingerprint density at radius 2 is 2.19 bits per heavy atom. The number of para-hydroxylation sites is 1. The minimum absolute atomic E-state index is 0.0538. The number of phenols is 1. The normalized spacial score (nSPS) is 16.7. The Kier molecular flexibility index (Phi) is 3.79. The van der Waals surface area contributed by atoms with E-state index in [0.717, 1.165) is 12.0 Å². The summed E-state index contributed by atoms with van der Waals surface area (Å²) in [5.74, 6) is 0.146. The Balaban J connectivity index is 1.73. The van der Waals surface area contributed by atoms with Crippen molar-refractivity contribution in [3.05, 3.63) is 57.6 Å². The summed E-state index contributed by atoms with van der Waals surface area (Å²) in [5.41, 5.74) is 2.68. The van der Waals surface area contributed by atoms with Gasteiger partial charge in [-0.15, -0.1) is 0 Å². The van der Waals surface area contributed by atoms with Gasteiger partial charge in [0, 0.05) is 30.1 Å². The molecule has 1 amide bonds. The molecule has 7 heteroatoms. The van der Waals surface area contributed by atoms with Crippen molar-refractivity contribution in [1.29, 1.82) is 0 Å². The summed E-state index contributed by atoms with van der Waals surface area (Å²) in [6.45, 7) is 4.34. The maximum atomic E-state index is 13.0. The molecule has 1 aliphatic rings. The van der Waals surface area contributed by atoms with E-state index in [2.05, 4.69) is 17.0 Å². The number of carbonyl (C=O) groups excluding carboxylic acids is 1. The SMILES string of the molecule is Cc1nc2cc[nH]n2c(=O)c1CC(=O)N1CCC(C)c2cccc(O)c21. The van der Waals surface area contributed by atoms with Gasteiger partial charge in [-0.1, -0.05) is 19.1 Å². The van der Waals surface area contributed by atoms with E-state index in [4.69, 9.17) is 0 Å². The van der Waals surface area contributed by atoms with Crippen LogP contribution in [0.5, 0.6) is 5.75 Å². The maximum absolute atomic E-state index is 13.0. The number of carbonyl (C=O) groups is 1. The number of aromatic nitrogens is 3. The van der Waals surface area contributed by atoms with Crippen molar-refractivity contribution in [2.45, 2.75) is 32.6 Å². The first-order valence-electron chi connectivity index (χ1n) is 8.65. The Labute approximate surface area is 149 Å². The number of hydrogen-bond acceptors (Lipinski definition) is 4. The second-order valence-corrected chi connectivity index (χ2v) is 6.76. The van der Waals surface area contributed by atoms with Gasteiger partial charge in [-0.25, -0.2) is 9.50 Å². The number of benzene rings is 1. The number of aromatic hydroxyl groups is 1. The van der Waals surface area contributed by atoms with Crippen molar-refractivity contribution in [2.24, 2.45) is 0 Å². The zero-order chi connectivity index (χ0) is 18.4. The van der Waals surface area contributed by atoms with Crippen LogP contribution in [0.3, 0.4) is 0 Å². The van der Waals surface area contributed by atoms with Crippen molar-refractivity contribution in [3.8, 4) is 5.75 Å². The zero-order valence-corrected chi connectivity index (χ0v) is 14.7. The predicted octanol–water partition coefficient (Wildman–Crippen LogP) is 2.12. The van der Waals surface area contributed by atoms with Gasteiger partial charge in [0.2, 0.25) is 5.91 Å². The third kappa shape index (κ3) is 2.47. The number of hydrogen-bond donors (Lipinski definition) is 2. The third-order valence-corrected chi connectivity index (χ3v) is 5.11. The third-order valence-electron chi connectivity index (χ3n) is 5.11. The molecule has 0 saturated carbocycles. The lowest BCUT2D eigenvalue weighted by molar-refractivity contribution is -0.118. The summed E-state index contributed by atoms with van der Waals surface area (Å²) in [4.78, 5) is 31.6. The van der Waals surface area contributed by atoms with E-state index >= 15 is 0 Å². The molecule has 1 unspecified atom stereocenters. The van der Waals surface area contributed by atoms with E-state index in [1.807, 2.05) is 6.07 Å². The van der Waals surface area contributed by atoms with Crippen LogP contribution in [-0.4, -0.2) is 32.2 Å². The van der Waals surface area contributed by atoms with Crippen molar-refractivity contribution in [3.63, 3.8) is 0 Å². The molecule has 0 radical (unpaired) electrons. The number of phenolic OH excluding ortho intramolecular Hbond substituents is 1. The van der Waals surface area contributed by atoms with Crippen molar-refractivity contribution < 1.29 is 9.90 Å². The second-order valence-electron chi connectivity index (χ2n) is 6.76. The fourth-order valence-electron chi connectivity index (χ4n) is 3.64. The van der Waals surface area contributed by atoms with Gasteiger partial charge in [0.25, 0.3) is 5.56 Å². The molecule has 3 aromatic rings. The number of aryl methyl sites for hydroxylation is 1. The van der Waals surface area contributed by atoms with E-state index in [0.29, 0.717) is 29.1 Å². The standard InChI is InChI=1S/C19H20N4O3/c1-11-7-9-22(18-13(11)4-3-5-15(18)24)17(25)10-14-12(2)21-16-6-8-20-23(16)19(14)26/h3-6,8,11,20,24H,7,9-10H2,1-2H3. The molecule has 4 rings (SSSR count). The quantitative estimate of drug-likeness (QED) is 0.739. The van der Waals surface area contributed by atoms with E-state index in [-0.39, 0.29) is 29.6 Å². The molecule has 0 spiro atoms. The highest BCUT2D eigenvalue weighted by Crippen LogP contribution is 2.41. The van der Waals surface area contributed by atoms with E-state index in [9.17, 15) is 14.7 Å². The zero-order valence-electron chi connectivity index (χ0n) is 14.7. The monoisotopic (exact) mass is 352 g/mol. The van der Waals surface area contributed by atoms with Gasteiger partial charge < -0.3 is 10.0 Å². The fourth-order valence-corrected chi connectivity index (χ4v) is 3.64. The molecule has 1 atom stereocenters. The number of aromatic amines is 1. The Morgan fingerprint density at radius 1 is 1.38 bits per heavy atom. The first-order chi connectivity index (χ1) is 12.5. The second kappa shape index (κ2) is 6.01. The minimum Gasteiger partial charge on any atom is -0.506 e. The summed E-state index contributed by atoms with van der Waals surface area (Å²) < 4.78 is 1.33. The van der Waals surface area contributed by atoms with Crippen LogP contribution in [0.4, 0.5) is 5.69 Å². The van der Waals surface area contributed by atoms with Crippen LogP contribution in [-0.2, 0) is 11.2 Å². The highest BCUT2D eigenvalue weighted by Gasteiger charge is 2.29. The molecule has 0 fully saturated rings. The Morgan fingerprint density at radius 3 is 3.00 bits per heavy atom. The Hall–Kier alpha value is -3.09. The van der Waals surface area contributed by atoms with Crippen LogP contribution in [0, 0.1) is 6.92 Å². The van der Waals surface area contributed by atoms with Crippen LogP contribution >= 0.6 is 0 Å². The molecule has 2 N–H and O–H groups in total. The van der Waals surface area contributed by atoms with Crippen LogP contribution in [0.2, 0.25) is 0 Å². The number of anilines is 1. The summed E-state index contributed by atoms with van der Waals surface area (Å²) in [5, 5.41) is 13.1. The first-order valence-corrected chi connectivity index (χ1v) is 8.65. The number of nitrogens with zero attached hydrogens (tertiary/aromatic N) is 3. The van der Waals surface area contributed by atoms with Crippen LogP contribution < -0.4 is 10.5 Å². The average molecular weight is 352 g/mol. The van der Waals surface area contributed by atoms with Crippen molar-refractivity contribution in [2.75, 3.05) is 11.4 Å². The van der Waals surface area contributed by atoms with Crippen molar-refractivity contribution in [1.82, 2.24) is 14.6 Å². The summed E-state index contributed by atoms with van der Waals surface area (Å²) in [6.07, 6.45) is 2.39. The highest BCUT2D eigenvalue weighted by atomic mass is 16.3. The maximum Gasteiger partial charge on any atom is 0.276 e. The number of amides is 1. The number of rotatable bonds is 2. The lowest BCUT2D eigenvalue weighted by Crippen LogP contribution is -2.39. The first kappa shape index (κ1) is 16.4. The van der Waals surface area contributed by atoms with Gasteiger partial charge in [-0.05, 0) is 30.9 Å². The number of H-pyrrole nitrogens is 1. The van der Waals surface area contributed by atoms with E-state index in [1.54, 1.807) is 36.2 Å². The van der Waals surface area contributed by atoms with Crippen LogP contribution in [0.15, 0.2) is 35.3 Å². The van der Waals surface area contributed by atoms with Gasteiger partial charge in [0.1, 0.15) is 5.75 Å². The lowest BCUT2D eigenvalue weighted by Gasteiger charge is -2.33. The molecule has 0 aliphatic carbocycles. The van der Waals surface area contributed by atoms with Gasteiger partial charge in [0.05, 0.1) is 12.1 Å². The summed E-state index contributed by atoms with van der Waals surface area (Å²) in [7, 11) is 0. The molecule has 2 aromatic heterocycles. The number of fused-ring (bicyclic) bond motifs is 2. The molecule has 3 heterocycles. The molecule has 1 aromatic carbocycles. The highest BCUT2D eigenvalue weighted by molar-refractivity contribution is 5.97. The minimum atomic E-state index is -0.270. The molecular weight excluding hydrogens is 332 g/mol. The van der Waals surface area contributed by atoms with Gasteiger partial charge >= 0.3 is 0 Å². The molecule has 0 bridgehead atoms.